The van der Waals surface area contributed by atoms with Crippen LogP contribution in [0.15, 0.2) is 24.3 Å². The fraction of sp³-hybridized carbons (Fsp3) is 0.467. The summed E-state index contributed by atoms with van der Waals surface area (Å²) in [4.78, 5) is 16.1. The van der Waals surface area contributed by atoms with Gasteiger partial charge in [0, 0.05) is 25.6 Å². The summed E-state index contributed by atoms with van der Waals surface area (Å²) in [5, 5.41) is 7.29. The molecule has 2 rings (SSSR count). The minimum Gasteiger partial charge on any atom is -0.354 e. The van der Waals surface area contributed by atoms with Crippen LogP contribution in [0.4, 0.5) is 0 Å². The third-order valence-corrected chi connectivity index (χ3v) is 4.20. The van der Waals surface area contributed by atoms with E-state index >= 15 is 0 Å². The van der Waals surface area contributed by atoms with Gasteiger partial charge in [0.1, 0.15) is 5.01 Å². The van der Waals surface area contributed by atoms with Crippen molar-refractivity contribution >= 4 is 27.5 Å². The van der Waals surface area contributed by atoms with Crippen molar-refractivity contribution in [2.24, 2.45) is 0 Å². The Kier molecular flexibility index (Phi) is 5.49. The SMILES string of the molecule is CCC(C)NC(=O)CCNCc1nc2ccccc2s1. The molecular formula is C15H21N3OS. The molecule has 0 bridgehead atoms. The summed E-state index contributed by atoms with van der Waals surface area (Å²) in [5.41, 5.74) is 1.05. The van der Waals surface area contributed by atoms with Gasteiger partial charge in [-0.1, -0.05) is 19.1 Å². The molecule has 0 spiro atoms. The highest BCUT2D eigenvalue weighted by molar-refractivity contribution is 7.18. The largest absolute Gasteiger partial charge is 0.354 e. The summed E-state index contributed by atoms with van der Waals surface area (Å²) >= 11 is 1.70. The van der Waals surface area contributed by atoms with Crippen LogP contribution < -0.4 is 10.6 Å². The highest BCUT2D eigenvalue weighted by Crippen LogP contribution is 2.21. The molecule has 1 heterocycles. The minimum absolute atomic E-state index is 0.108. The van der Waals surface area contributed by atoms with Gasteiger partial charge < -0.3 is 10.6 Å². The lowest BCUT2D eigenvalue weighted by Crippen LogP contribution is -2.33. The summed E-state index contributed by atoms with van der Waals surface area (Å²) in [6.07, 6.45) is 1.47. The van der Waals surface area contributed by atoms with E-state index in [4.69, 9.17) is 0 Å². The Morgan fingerprint density at radius 2 is 2.20 bits per heavy atom. The van der Waals surface area contributed by atoms with Gasteiger partial charge in [0.15, 0.2) is 0 Å². The predicted molar refractivity (Wildman–Crippen MR) is 83.8 cm³/mol. The van der Waals surface area contributed by atoms with Crippen LogP contribution in [-0.2, 0) is 11.3 Å². The van der Waals surface area contributed by atoms with Gasteiger partial charge in [-0.25, -0.2) is 4.98 Å². The van der Waals surface area contributed by atoms with Crippen molar-refractivity contribution in [3.05, 3.63) is 29.3 Å². The van der Waals surface area contributed by atoms with E-state index in [1.165, 1.54) is 4.70 Å². The number of hydrogen-bond acceptors (Lipinski definition) is 4. The molecule has 1 aromatic carbocycles. The number of nitrogens with zero attached hydrogens (tertiary/aromatic N) is 1. The molecule has 0 fully saturated rings. The predicted octanol–water partition coefficient (Wildman–Crippen LogP) is 2.69. The maximum absolute atomic E-state index is 11.6. The molecule has 0 saturated carbocycles. The Balaban J connectivity index is 1.72. The van der Waals surface area contributed by atoms with Gasteiger partial charge in [-0.2, -0.15) is 0 Å². The molecule has 0 aliphatic rings. The highest BCUT2D eigenvalue weighted by atomic mass is 32.1. The molecule has 5 heteroatoms. The van der Waals surface area contributed by atoms with E-state index in [2.05, 4.69) is 28.6 Å². The van der Waals surface area contributed by atoms with Crippen LogP contribution in [-0.4, -0.2) is 23.5 Å². The van der Waals surface area contributed by atoms with Gasteiger partial charge in [0.25, 0.3) is 0 Å². The van der Waals surface area contributed by atoms with E-state index in [-0.39, 0.29) is 11.9 Å². The monoisotopic (exact) mass is 291 g/mol. The number of nitrogens with one attached hydrogen (secondary N) is 2. The normalized spacial score (nSPS) is 12.5. The maximum Gasteiger partial charge on any atom is 0.221 e. The van der Waals surface area contributed by atoms with E-state index in [1.54, 1.807) is 11.3 Å². The molecule has 1 aromatic heterocycles. The molecular weight excluding hydrogens is 270 g/mol. The molecule has 20 heavy (non-hydrogen) atoms. The Labute approximate surface area is 123 Å². The number of amides is 1. The lowest BCUT2D eigenvalue weighted by atomic mass is 10.2. The van der Waals surface area contributed by atoms with Crippen molar-refractivity contribution in [2.75, 3.05) is 6.54 Å². The first-order valence-electron chi connectivity index (χ1n) is 7.03. The average molecular weight is 291 g/mol. The Morgan fingerprint density at radius 3 is 2.95 bits per heavy atom. The summed E-state index contributed by atoms with van der Waals surface area (Å²) in [5.74, 6) is 0.108. The summed E-state index contributed by atoms with van der Waals surface area (Å²) in [7, 11) is 0. The van der Waals surface area contributed by atoms with Gasteiger partial charge in [0.2, 0.25) is 5.91 Å². The van der Waals surface area contributed by atoms with Crippen molar-refractivity contribution in [3.63, 3.8) is 0 Å². The molecule has 108 valence electrons. The zero-order valence-corrected chi connectivity index (χ0v) is 12.8. The molecule has 1 amide bonds. The van der Waals surface area contributed by atoms with Crippen LogP contribution in [0.3, 0.4) is 0 Å². The zero-order valence-electron chi connectivity index (χ0n) is 12.0. The van der Waals surface area contributed by atoms with Gasteiger partial charge in [-0.15, -0.1) is 11.3 Å². The number of thiazole rings is 1. The third kappa shape index (κ3) is 4.28. The fourth-order valence-electron chi connectivity index (χ4n) is 1.84. The van der Waals surface area contributed by atoms with Crippen LogP contribution in [0.2, 0.25) is 0 Å². The van der Waals surface area contributed by atoms with Crippen molar-refractivity contribution in [2.45, 2.75) is 39.3 Å². The van der Waals surface area contributed by atoms with E-state index in [9.17, 15) is 4.79 Å². The first-order valence-corrected chi connectivity index (χ1v) is 7.85. The van der Waals surface area contributed by atoms with Crippen molar-refractivity contribution in [1.82, 2.24) is 15.6 Å². The van der Waals surface area contributed by atoms with Crippen LogP contribution in [0.1, 0.15) is 31.7 Å². The summed E-state index contributed by atoms with van der Waals surface area (Å²) in [6, 6.07) is 8.38. The van der Waals surface area contributed by atoms with Gasteiger partial charge in [-0.3, -0.25) is 4.79 Å². The number of para-hydroxylation sites is 1. The Morgan fingerprint density at radius 1 is 1.40 bits per heavy atom. The number of aromatic nitrogens is 1. The second-order valence-electron chi connectivity index (χ2n) is 4.88. The molecule has 0 radical (unpaired) electrons. The number of benzene rings is 1. The van der Waals surface area contributed by atoms with Crippen LogP contribution in [0.25, 0.3) is 10.2 Å². The Hall–Kier alpha value is -1.46. The van der Waals surface area contributed by atoms with Crippen LogP contribution >= 0.6 is 11.3 Å². The van der Waals surface area contributed by atoms with E-state index in [0.29, 0.717) is 13.0 Å². The maximum atomic E-state index is 11.6. The topological polar surface area (TPSA) is 54.0 Å². The Bertz CT molecular complexity index is 534. The van der Waals surface area contributed by atoms with Crippen LogP contribution in [0, 0.1) is 0 Å². The number of carbonyl (C=O) groups excluding carboxylic acids is 1. The lowest BCUT2D eigenvalue weighted by Gasteiger charge is -2.11. The number of carbonyl (C=O) groups is 1. The second kappa shape index (κ2) is 7.36. The summed E-state index contributed by atoms with van der Waals surface area (Å²) < 4.78 is 1.21. The first-order chi connectivity index (χ1) is 9.69. The summed E-state index contributed by atoms with van der Waals surface area (Å²) in [6.45, 7) is 5.48. The zero-order chi connectivity index (χ0) is 14.4. The molecule has 2 aromatic rings. The molecule has 2 N–H and O–H groups in total. The number of hydrogen-bond donors (Lipinski definition) is 2. The van der Waals surface area contributed by atoms with Crippen molar-refractivity contribution in [1.29, 1.82) is 0 Å². The van der Waals surface area contributed by atoms with E-state index in [0.717, 1.165) is 23.5 Å². The van der Waals surface area contributed by atoms with E-state index in [1.807, 2.05) is 25.1 Å². The lowest BCUT2D eigenvalue weighted by molar-refractivity contribution is -0.121. The quantitative estimate of drug-likeness (QED) is 0.771. The van der Waals surface area contributed by atoms with Crippen molar-refractivity contribution < 1.29 is 4.79 Å². The van der Waals surface area contributed by atoms with Gasteiger partial charge >= 0.3 is 0 Å². The standard InChI is InChI=1S/C15H21N3OS/c1-3-11(2)17-14(19)8-9-16-10-15-18-12-6-4-5-7-13(12)20-15/h4-7,11,16H,3,8-10H2,1-2H3,(H,17,19). The number of rotatable bonds is 7. The number of fused-ring (bicyclic) bond motifs is 1. The van der Waals surface area contributed by atoms with Crippen molar-refractivity contribution in [3.8, 4) is 0 Å². The van der Waals surface area contributed by atoms with Gasteiger partial charge in [0.05, 0.1) is 10.2 Å². The van der Waals surface area contributed by atoms with Gasteiger partial charge in [-0.05, 0) is 25.5 Å². The molecule has 0 aliphatic carbocycles. The fourth-order valence-corrected chi connectivity index (χ4v) is 2.78. The average Bonchev–Trinajstić information content (AvgIpc) is 2.86. The third-order valence-electron chi connectivity index (χ3n) is 3.16. The van der Waals surface area contributed by atoms with Crippen LogP contribution in [0.5, 0.6) is 0 Å². The minimum atomic E-state index is 0.108. The first kappa shape index (κ1) is 14.9. The molecule has 0 saturated heterocycles. The molecule has 4 nitrogen and oxygen atoms in total. The molecule has 1 atom stereocenters. The molecule has 1 unspecified atom stereocenters. The second-order valence-corrected chi connectivity index (χ2v) is 5.99. The highest BCUT2D eigenvalue weighted by Gasteiger charge is 2.06. The molecule has 0 aliphatic heterocycles. The van der Waals surface area contributed by atoms with E-state index < -0.39 is 0 Å². The smallest absolute Gasteiger partial charge is 0.221 e.